The Morgan fingerprint density at radius 1 is 1.33 bits per heavy atom. The van der Waals surface area contributed by atoms with Crippen LogP contribution >= 0.6 is 0 Å². The van der Waals surface area contributed by atoms with Crippen molar-refractivity contribution in [2.24, 2.45) is 5.92 Å². The van der Waals surface area contributed by atoms with E-state index in [0.717, 1.165) is 17.6 Å². The van der Waals surface area contributed by atoms with Crippen LogP contribution in [0.4, 0.5) is 0 Å². The quantitative estimate of drug-likeness (QED) is 0.822. The molecule has 1 saturated carbocycles. The molecule has 2 aromatic rings. The lowest BCUT2D eigenvalue weighted by molar-refractivity contribution is 0.487. The highest BCUT2D eigenvalue weighted by Crippen LogP contribution is 2.33. The Bertz CT molecular complexity index is 536. The minimum Gasteiger partial charge on any atom is -0.310 e. The van der Waals surface area contributed by atoms with Gasteiger partial charge in [-0.25, -0.2) is 9.97 Å². The molecule has 3 heteroatoms. The molecule has 0 aliphatic heterocycles. The lowest BCUT2D eigenvalue weighted by atomic mass is 10.1. The van der Waals surface area contributed by atoms with Crippen molar-refractivity contribution in [2.75, 3.05) is 0 Å². The third kappa shape index (κ3) is 2.02. The lowest BCUT2D eigenvalue weighted by Gasteiger charge is -2.16. The lowest BCUT2D eigenvalue weighted by Crippen LogP contribution is -2.11. The third-order valence-corrected chi connectivity index (χ3v) is 3.80. The predicted molar refractivity (Wildman–Crippen MR) is 73.6 cm³/mol. The van der Waals surface area contributed by atoms with Gasteiger partial charge in [-0.1, -0.05) is 26.7 Å². The largest absolute Gasteiger partial charge is 0.310 e. The van der Waals surface area contributed by atoms with Gasteiger partial charge in [-0.05, 0) is 30.9 Å². The molecule has 0 radical (unpaired) electrons. The first-order valence-corrected chi connectivity index (χ1v) is 7.07. The molecule has 3 nitrogen and oxygen atoms in total. The number of fused-ring (bicyclic) bond motifs is 1. The minimum atomic E-state index is 0.624. The first-order valence-electron chi connectivity index (χ1n) is 7.07. The SMILES string of the molecule is CC(C)Cc1nc2cccnc2n1C1CCCC1. The van der Waals surface area contributed by atoms with Gasteiger partial charge in [0, 0.05) is 18.7 Å². The molecule has 0 atom stereocenters. The van der Waals surface area contributed by atoms with Gasteiger partial charge in [-0.15, -0.1) is 0 Å². The summed E-state index contributed by atoms with van der Waals surface area (Å²) in [6.45, 7) is 4.51. The molecule has 2 heterocycles. The van der Waals surface area contributed by atoms with Crippen LogP contribution in [0.15, 0.2) is 18.3 Å². The second kappa shape index (κ2) is 4.71. The summed E-state index contributed by atoms with van der Waals surface area (Å²) in [7, 11) is 0. The number of hydrogen-bond acceptors (Lipinski definition) is 2. The maximum absolute atomic E-state index is 4.80. The van der Waals surface area contributed by atoms with E-state index in [9.17, 15) is 0 Å². The fraction of sp³-hybridized carbons (Fsp3) is 0.600. The molecule has 2 aromatic heterocycles. The van der Waals surface area contributed by atoms with E-state index in [-0.39, 0.29) is 0 Å². The van der Waals surface area contributed by atoms with E-state index < -0.39 is 0 Å². The van der Waals surface area contributed by atoms with Crippen molar-refractivity contribution in [3.05, 3.63) is 24.2 Å². The molecule has 0 amide bonds. The van der Waals surface area contributed by atoms with E-state index in [2.05, 4.69) is 29.5 Å². The molecule has 96 valence electrons. The van der Waals surface area contributed by atoms with Crippen molar-refractivity contribution in [3.63, 3.8) is 0 Å². The van der Waals surface area contributed by atoms with Crippen LogP contribution in [0, 0.1) is 5.92 Å². The van der Waals surface area contributed by atoms with Gasteiger partial charge in [-0.3, -0.25) is 0 Å². The smallest absolute Gasteiger partial charge is 0.160 e. The zero-order valence-electron chi connectivity index (χ0n) is 11.3. The topological polar surface area (TPSA) is 30.7 Å². The zero-order valence-corrected chi connectivity index (χ0v) is 11.3. The molecule has 0 unspecified atom stereocenters. The van der Waals surface area contributed by atoms with E-state index in [4.69, 9.17) is 4.98 Å². The van der Waals surface area contributed by atoms with Gasteiger partial charge in [0.2, 0.25) is 0 Å². The van der Waals surface area contributed by atoms with Gasteiger partial charge in [0.15, 0.2) is 5.65 Å². The molecule has 0 bridgehead atoms. The van der Waals surface area contributed by atoms with Crippen LogP contribution in [-0.2, 0) is 6.42 Å². The van der Waals surface area contributed by atoms with Gasteiger partial charge < -0.3 is 4.57 Å². The molecule has 3 rings (SSSR count). The van der Waals surface area contributed by atoms with Crippen LogP contribution in [0.2, 0.25) is 0 Å². The van der Waals surface area contributed by atoms with Crippen LogP contribution in [-0.4, -0.2) is 14.5 Å². The van der Waals surface area contributed by atoms with Crippen molar-refractivity contribution >= 4 is 11.2 Å². The van der Waals surface area contributed by atoms with Crippen LogP contribution in [0.5, 0.6) is 0 Å². The maximum Gasteiger partial charge on any atom is 0.160 e. The summed E-state index contributed by atoms with van der Waals surface area (Å²) < 4.78 is 2.42. The number of imidazole rings is 1. The maximum atomic E-state index is 4.80. The van der Waals surface area contributed by atoms with Gasteiger partial charge >= 0.3 is 0 Å². The second-order valence-corrected chi connectivity index (χ2v) is 5.78. The summed E-state index contributed by atoms with van der Waals surface area (Å²) >= 11 is 0. The van der Waals surface area contributed by atoms with Crippen LogP contribution in [0.25, 0.3) is 11.2 Å². The number of rotatable bonds is 3. The zero-order chi connectivity index (χ0) is 12.5. The number of nitrogens with zero attached hydrogens (tertiary/aromatic N) is 3. The van der Waals surface area contributed by atoms with Gasteiger partial charge in [-0.2, -0.15) is 0 Å². The van der Waals surface area contributed by atoms with Gasteiger partial charge in [0.25, 0.3) is 0 Å². The standard InChI is InChI=1S/C15H21N3/c1-11(2)10-14-17-13-8-5-9-16-15(13)18(14)12-6-3-4-7-12/h5,8-9,11-12H,3-4,6-7,10H2,1-2H3. The summed E-state index contributed by atoms with van der Waals surface area (Å²) in [5.41, 5.74) is 2.14. The van der Waals surface area contributed by atoms with E-state index in [0.29, 0.717) is 12.0 Å². The molecule has 0 saturated heterocycles. The normalized spacial score (nSPS) is 17.1. The van der Waals surface area contributed by atoms with Crippen LogP contribution in [0.3, 0.4) is 0 Å². The molecular formula is C15H21N3. The Morgan fingerprint density at radius 2 is 2.11 bits per heavy atom. The fourth-order valence-corrected chi connectivity index (χ4v) is 3.03. The Morgan fingerprint density at radius 3 is 2.83 bits per heavy atom. The molecule has 0 aromatic carbocycles. The highest BCUT2D eigenvalue weighted by atomic mass is 15.2. The van der Waals surface area contributed by atoms with E-state index in [1.807, 2.05) is 12.3 Å². The van der Waals surface area contributed by atoms with Crippen molar-refractivity contribution in [2.45, 2.75) is 52.0 Å². The Kier molecular flexibility index (Phi) is 3.06. The van der Waals surface area contributed by atoms with E-state index in [1.54, 1.807) is 0 Å². The van der Waals surface area contributed by atoms with Gasteiger partial charge in [0.1, 0.15) is 11.3 Å². The molecule has 1 aliphatic rings. The number of hydrogen-bond donors (Lipinski definition) is 0. The molecule has 0 spiro atoms. The van der Waals surface area contributed by atoms with Crippen molar-refractivity contribution in [3.8, 4) is 0 Å². The monoisotopic (exact) mass is 243 g/mol. The summed E-state index contributed by atoms with van der Waals surface area (Å²) in [6, 6.07) is 4.68. The molecule has 0 N–H and O–H groups in total. The van der Waals surface area contributed by atoms with E-state index in [1.165, 1.54) is 31.5 Å². The summed E-state index contributed by atoms with van der Waals surface area (Å²) in [4.78, 5) is 9.35. The predicted octanol–water partition coefficient (Wildman–Crippen LogP) is 3.74. The summed E-state index contributed by atoms with van der Waals surface area (Å²) in [5.74, 6) is 1.87. The van der Waals surface area contributed by atoms with Crippen molar-refractivity contribution in [1.29, 1.82) is 0 Å². The van der Waals surface area contributed by atoms with Gasteiger partial charge in [0.05, 0.1) is 0 Å². The Hall–Kier alpha value is -1.38. The summed E-state index contributed by atoms with van der Waals surface area (Å²) in [5, 5.41) is 0. The molecular weight excluding hydrogens is 222 g/mol. The third-order valence-electron chi connectivity index (χ3n) is 3.80. The first kappa shape index (κ1) is 11.7. The van der Waals surface area contributed by atoms with Crippen LogP contribution < -0.4 is 0 Å². The highest BCUT2D eigenvalue weighted by molar-refractivity contribution is 5.71. The fourth-order valence-electron chi connectivity index (χ4n) is 3.03. The molecule has 18 heavy (non-hydrogen) atoms. The highest BCUT2D eigenvalue weighted by Gasteiger charge is 2.23. The average molecular weight is 243 g/mol. The number of aromatic nitrogens is 3. The van der Waals surface area contributed by atoms with E-state index >= 15 is 0 Å². The minimum absolute atomic E-state index is 0.624. The second-order valence-electron chi connectivity index (χ2n) is 5.78. The molecule has 1 fully saturated rings. The van der Waals surface area contributed by atoms with Crippen molar-refractivity contribution in [1.82, 2.24) is 14.5 Å². The first-order chi connectivity index (χ1) is 8.75. The Balaban J connectivity index is 2.11. The average Bonchev–Trinajstić information content (AvgIpc) is 2.93. The summed E-state index contributed by atoms with van der Waals surface area (Å²) in [6.07, 6.45) is 8.19. The van der Waals surface area contributed by atoms with Crippen LogP contribution in [0.1, 0.15) is 51.4 Å². The number of pyridine rings is 1. The Labute approximate surface area is 108 Å². The van der Waals surface area contributed by atoms with Crippen molar-refractivity contribution < 1.29 is 0 Å². The molecule has 1 aliphatic carbocycles.